The number of rotatable bonds is 3. The average Bonchev–Trinajstić information content (AvgIpc) is 2.35. The summed E-state index contributed by atoms with van der Waals surface area (Å²) in [4.78, 5) is 21.6. The first kappa shape index (κ1) is 17.3. The van der Waals surface area contributed by atoms with E-state index in [9.17, 15) is 4.79 Å². The molecule has 1 aliphatic rings. The van der Waals surface area contributed by atoms with Gasteiger partial charge in [0.2, 0.25) is 11.9 Å². The highest BCUT2D eigenvalue weighted by molar-refractivity contribution is 6.30. The van der Waals surface area contributed by atoms with Gasteiger partial charge in [0, 0.05) is 11.3 Å². The number of aliphatic imine (C=N–C) groups is 2. The Kier molecular flexibility index (Phi) is 5.20. The van der Waals surface area contributed by atoms with Crippen LogP contribution in [0.1, 0.15) is 24.2 Å². The Balaban J connectivity index is 0.00000220. The van der Waals surface area contributed by atoms with Gasteiger partial charge in [-0.2, -0.15) is 4.99 Å². The van der Waals surface area contributed by atoms with Crippen LogP contribution in [-0.2, 0) is 0 Å². The van der Waals surface area contributed by atoms with Crippen molar-refractivity contribution in [1.29, 1.82) is 0 Å². The van der Waals surface area contributed by atoms with Gasteiger partial charge in [-0.25, -0.2) is 4.99 Å². The van der Waals surface area contributed by atoms with E-state index >= 15 is 0 Å². The zero-order valence-corrected chi connectivity index (χ0v) is 13.3. The summed E-state index contributed by atoms with van der Waals surface area (Å²) in [6.45, 7) is 3.72. The van der Waals surface area contributed by atoms with E-state index in [0.29, 0.717) is 11.3 Å². The molecular formula is C13H17Cl2N5O. The lowest BCUT2D eigenvalue weighted by Crippen LogP contribution is -2.54. The third-order valence-electron chi connectivity index (χ3n) is 2.94. The third-order valence-corrected chi connectivity index (χ3v) is 3.18. The Labute approximate surface area is 134 Å². The van der Waals surface area contributed by atoms with Crippen LogP contribution < -0.4 is 16.4 Å². The molecule has 0 radical (unpaired) electrons. The molecule has 4 N–H and O–H groups in total. The molecule has 0 spiro atoms. The highest BCUT2D eigenvalue weighted by atomic mass is 35.5. The zero-order valence-electron chi connectivity index (χ0n) is 11.7. The molecule has 2 rings (SSSR count). The summed E-state index contributed by atoms with van der Waals surface area (Å²) in [5.74, 6) is 0.151. The van der Waals surface area contributed by atoms with Crippen molar-refractivity contribution in [3.63, 3.8) is 0 Å². The van der Waals surface area contributed by atoms with Crippen molar-refractivity contribution < 1.29 is 4.79 Å². The molecule has 1 heterocycles. The highest BCUT2D eigenvalue weighted by Crippen LogP contribution is 2.28. The van der Waals surface area contributed by atoms with Crippen molar-refractivity contribution in [2.24, 2.45) is 21.5 Å². The minimum absolute atomic E-state index is 0. The SMILES string of the molecule is CC1(C)N=C(N)N=C(N)N1c1cccc(C(=O)CCl)c1.Cl. The summed E-state index contributed by atoms with van der Waals surface area (Å²) in [5, 5.41) is 0. The van der Waals surface area contributed by atoms with E-state index < -0.39 is 5.66 Å². The first-order valence-corrected chi connectivity index (χ1v) is 6.57. The summed E-state index contributed by atoms with van der Waals surface area (Å²) in [6, 6.07) is 7.01. The van der Waals surface area contributed by atoms with Crippen LogP contribution in [0, 0.1) is 0 Å². The summed E-state index contributed by atoms with van der Waals surface area (Å²) >= 11 is 5.58. The second-order valence-electron chi connectivity index (χ2n) is 4.88. The number of guanidine groups is 2. The van der Waals surface area contributed by atoms with E-state index in [2.05, 4.69) is 9.98 Å². The van der Waals surface area contributed by atoms with Gasteiger partial charge in [-0.3, -0.25) is 9.69 Å². The molecule has 0 aliphatic carbocycles. The van der Waals surface area contributed by atoms with E-state index in [4.69, 9.17) is 23.1 Å². The van der Waals surface area contributed by atoms with Crippen molar-refractivity contribution in [2.75, 3.05) is 10.8 Å². The molecule has 114 valence electrons. The lowest BCUT2D eigenvalue weighted by molar-refractivity contribution is 0.102. The number of Topliss-reactive ketones (excluding diaryl/α,β-unsaturated/α-hetero) is 1. The van der Waals surface area contributed by atoms with E-state index in [-0.39, 0.29) is 36.0 Å². The maximum Gasteiger partial charge on any atom is 0.220 e. The predicted molar refractivity (Wildman–Crippen MR) is 88.5 cm³/mol. The quantitative estimate of drug-likeness (QED) is 0.651. The Hall–Kier alpha value is -1.79. The summed E-state index contributed by atoms with van der Waals surface area (Å²) < 4.78 is 0. The number of nitrogens with zero attached hydrogens (tertiary/aromatic N) is 3. The van der Waals surface area contributed by atoms with E-state index in [0.717, 1.165) is 0 Å². The van der Waals surface area contributed by atoms with Crippen LogP contribution in [0.2, 0.25) is 0 Å². The number of nitrogens with two attached hydrogens (primary N) is 2. The molecule has 0 atom stereocenters. The lowest BCUT2D eigenvalue weighted by Gasteiger charge is -2.38. The first-order valence-electron chi connectivity index (χ1n) is 6.04. The molecule has 0 saturated carbocycles. The minimum Gasteiger partial charge on any atom is -0.369 e. The maximum atomic E-state index is 11.7. The topological polar surface area (TPSA) is 97.1 Å². The van der Waals surface area contributed by atoms with Crippen molar-refractivity contribution in [3.8, 4) is 0 Å². The zero-order chi connectivity index (χ0) is 14.9. The van der Waals surface area contributed by atoms with Crippen LogP contribution in [0.5, 0.6) is 0 Å². The number of anilines is 1. The second-order valence-corrected chi connectivity index (χ2v) is 5.14. The van der Waals surface area contributed by atoms with Crippen molar-refractivity contribution in [1.82, 2.24) is 0 Å². The molecule has 1 aromatic carbocycles. The van der Waals surface area contributed by atoms with Gasteiger partial charge in [0.1, 0.15) is 5.66 Å². The summed E-state index contributed by atoms with van der Waals surface area (Å²) in [7, 11) is 0. The molecule has 0 fully saturated rings. The van der Waals surface area contributed by atoms with Gasteiger partial charge < -0.3 is 11.5 Å². The van der Waals surface area contributed by atoms with Gasteiger partial charge in [-0.15, -0.1) is 24.0 Å². The number of ketones is 1. The molecule has 8 heteroatoms. The van der Waals surface area contributed by atoms with Crippen LogP contribution in [-0.4, -0.2) is 29.2 Å². The van der Waals surface area contributed by atoms with Gasteiger partial charge in [0.15, 0.2) is 5.78 Å². The maximum absolute atomic E-state index is 11.7. The number of alkyl halides is 1. The van der Waals surface area contributed by atoms with Crippen molar-refractivity contribution >= 4 is 47.4 Å². The Morgan fingerprint density at radius 2 is 2.05 bits per heavy atom. The van der Waals surface area contributed by atoms with E-state index in [1.807, 2.05) is 19.9 Å². The molecule has 0 unspecified atom stereocenters. The third kappa shape index (κ3) is 3.46. The fourth-order valence-corrected chi connectivity index (χ4v) is 2.30. The minimum atomic E-state index is -0.682. The molecule has 0 bridgehead atoms. The fraction of sp³-hybridized carbons (Fsp3) is 0.308. The molecule has 0 aromatic heterocycles. The van der Waals surface area contributed by atoms with Crippen LogP contribution in [0.25, 0.3) is 0 Å². The van der Waals surface area contributed by atoms with Crippen molar-refractivity contribution in [3.05, 3.63) is 29.8 Å². The monoisotopic (exact) mass is 329 g/mol. The fourth-order valence-electron chi connectivity index (χ4n) is 2.15. The lowest BCUT2D eigenvalue weighted by atomic mass is 10.1. The largest absolute Gasteiger partial charge is 0.369 e. The first-order chi connectivity index (χ1) is 9.35. The molecule has 1 aliphatic heterocycles. The van der Waals surface area contributed by atoms with Crippen LogP contribution >= 0.6 is 24.0 Å². The second kappa shape index (κ2) is 6.32. The van der Waals surface area contributed by atoms with Crippen LogP contribution in [0.3, 0.4) is 0 Å². The Bertz CT molecular complexity index is 612. The number of carbonyl (C=O) groups excluding carboxylic acids is 1. The van der Waals surface area contributed by atoms with Gasteiger partial charge in [0.05, 0.1) is 5.88 Å². The van der Waals surface area contributed by atoms with Crippen LogP contribution in [0.4, 0.5) is 5.69 Å². The van der Waals surface area contributed by atoms with E-state index in [1.54, 1.807) is 23.1 Å². The van der Waals surface area contributed by atoms with Crippen molar-refractivity contribution in [2.45, 2.75) is 19.5 Å². The Morgan fingerprint density at radius 3 is 2.62 bits per heavy atom. The van der Waals surface area contributed by atoms with E-state index in [1.165, 1.54) is 0 Å². The Morgan fingerprint density at radius 1 is 1.38 bits per heavy atom. The molecule has 0 saturated heterocycles. The summed E-state index contributed by atoms with van der Waals surface area (Å²) in [6.07, 6.45) is 0. The number of hydrogen-bond donors (Lipinski definition) is 2. The number of hydrogen-bond acceptors (Lipinski definition) is 6. The smallest absolute Gasteiger partial charge is 0.220 e. The number of benzene rings is 1. The van der Waals surface area contributed by atoms with Crippen LogP contribution in [0.15, 0.2) is 34.3 Å². The van der Waals surface area contributed by atoms with Gasteiger partial charge in [-0.1, -0.05) is 12.1 Å². The van der Waals surface area contributed by atoms with Gasteiger partial charge in [0.25, 0.3) is 0 Å². The predicted octanol–water partition coefficient (Wildman–Crippen LogP) is 1.72. The number of halogens is 2. The normalized spacial score (nSPS) is 16.6. The molecule has 1 aromatic rings. The summed E-state index contributed by atoms with van der Waals surface area (Å²) in [5.41, 5.74) is 12.1. The standard InChI is InChI=1S/C13H16ClN5O.ClH/c1-13(2)18-11(15)17-12(16)19(13)9-5-3-4-8(6-9)10(20)7-14;/h3-6H,7H2,1-2H3,(H4,15,16,17,18);1H. The molecule has 21 heavy (non-hydrogen) atoms. The highest BCUT2D eigenvalue weighted by Gasteiger charge is 2.33. The van der Waals surface area contributed by atoms with Gasteiger partial charge in [-0.05, 0) is 26.0 Å². The molecule has 0 amide bonds. The molecular weight excluding hydrogens is 313 g/mol. The molecule has 6 nitrogen and oxygen atoms in total. The average molecular weight is 330 g/mol. The number of carbonyl (C=O) groups is 1. The van der Waals surface area contributed by atoms with Gasteiger partial charge >= 0.3 is 0 Å².